The van der Waals surface area contributed by atoms with E-state index < -0.39 is 29.3 Å². The molecule has 0 spiro atoms. The third kappa shape index (κ3) is 7.58. The number of alkyl halides is 3. The number of nitrogen functional groups attached to an aromatic ring is 1. The molecular formula is C21H28F3N5O4. The Labute approximate surface area is 188 Å². The maximum Gasteiger partial charge on any atom is 0.573 e. The van der Waals surface area contributed by atoms with E-state index in [1.807, 2.05) is 27.7 Å². The van der Waals surface area contributed by atoms with Gasteiger partial charge in [0.2, 0.25) is 5.91 Å². The van der Waals surface area contributed by atoms with Crippen molar-refractivity contribution < 1.29 is 22.7 Å². The van der Waals surface area contributed by atoms with Crippen LogP contribution in [0.3, 0.4) is 0 Å². The largest absolute Gasteiger partial charge is 0.573 e. The smallest absolute Gasteiger partial charge is 0.406 e. The lowest BCUT2D eigenvalue weighted by atomic mass is 10.2. The highest BCUT2D eigenvalue weighted by Gasteiger charge is 2.31. The Hall–Kier alpha value is -3.44. The maximum atomic E-state index is 12.7. The Morgan fingerprint density at radius 3 is 2.27 bits per heavy atom. The van der Waals surface area contributed by atoms with Crippen LogP contribution in [-0.2, 0) is 11.3 Å². The van der Waals surface area contributed by atoms with E-state index in [4.69, 9.17) is 5.73 Å². The molecule has 0 saturated heterocycles. The first kappa shape index (κ1) is 25.8. The molecule has 12 heteroatoms. The molecule has 1 aromatic carbocycles. The summed E-state index contributed by atoms with van der Waals surface area (Å²) < 4.78 is 41.9. The fraction of sp³-hybridized carbons (Fsp3) is 0.476. The highest BCUT2D eigenvalue weighted by molar-refractivity contribution is 5.94. The second-order valence-corrected chi connectivity index (χ2v) is 8.39. The molecule has 1 heterocycles. The Balaban J connectivity index is 2.27. The van der Waals surface area contributed by atoms with Gasteiger partial charge in [-0.05, 0) is 36.1 Å². The minimum Gasteiger partial charge on any atom is -0.406 e. The van der Waals surface area contributed by atoms with E-state index in [9.17, 15) is 27.6 Å². The first-order chi connectivity index (χ1) is 15.3. The van der Waals surface area contributed by atoms with Crippen LogP contribution in [0.2, 0.25) is 0 Å². The summed E-state index contributed by atoms with van der Waals surface area (Å²) in [6, 6.07) is 4.66. The number of halogens is 3. The quantitative estimate of drug-likeness (QED) is 0.517. The predicted octanol–water partition coefficient (Wildman–Crippen LogP) is 2.77. The number of nitrogens with zero attached hydrogens (tertiary/aromatic N) is 2. The summed E-state index contributed by atoms with van der Waals surface area (Å²) in [6.45, 7) is 7.85. The Morgan fingerprint density at radius 2 is 1.76 bits per heavy atom. The molecule has 33 heavy (non-hydrogen) atoms. The van der Waals surface area contributed by atoms with Gasteiger partial charge in [-0.1, -0.05) is 27.7 Å². The van der Waals surface area contributed by atoms with Crippen LogP contribution >= 0.6 is 0 Å². The summed E-state index contributed by atoms with van der Waals surface area (Å²) in [6.07, 6.45) is -4.82. The standard InChI is InChI=1S/C21H28F3N5O4/c1-12(2)9-28(17-18(25)29(10-13(3)4)20(32)27-19(17)31)11-16(30)26-14-5-7-15(8-6-14)33-21(22,23)24/h5-8,12-13H,9-11,25H2,1-4H3,(H,26,30)(H,27,31,32). The van der Waals surface area contributed by atoms with Crippen LogP contribution in [0.4, 0.5) is 30.4 Å². The van der Waals surface area contributed by atoms with Gasteiger partial charge in [0, 0.05) is 18.8 Å². The van der Waals surface area contributed by atoms with Gasteiger partial charge in [0.25, 0.3) is 5.56 Å². The minimum atomic E-state index is -4.82. The monoisotopic (exact) mass is 471 g/mol. The molecule has 9 nitrogen and oxygen atoms in total. The number of hydrogen-bond acceptors (Lipinski definition) is 6. The number of aromatic amines is 1. The molecule has 0 radical (unpaired) electrons. The number of anilines is 3. The van der Waals surface area contributed by atoms with E-state index >= 15 is 0 Å². The van der Waals surface area contributed by atoms with Gasteiger partial charge in [-0.25, -0.2) is 4.79 Å². The number of rotatable bonds is 9. The van der Waals surface area contributed by atoms with Crippen molar-refractivity contribution in [2.75, 3.05) is 29.0 Å². The summed E-state index contributed by atoms with van der Waals surface area (Å²) in [5.74, 6) is -0.871. The Morgan fingerprint density at radius 1 is 1.15 bits per heavy atom. The molecule has 2 aromatic rings. The number of carbonyl (C=O) groups is 1. The summed E-state index contributed by atoms with van der Waals surface area (Å²) in [7, 11) is 0. The minimum absolute atomic E-state index is 0.00743. The molecule has 1 aromatic heterocycles. The van der Waals surface area contributed by atoms with Crippen LogP contribution < -0.4 is 31.9 Å². The fourth-order valence-electron chi connectivity index (χ4n) is 3.22. The van der Waals surface area contributed by atoms with Gasteiger partial charge in [-0.3, -0.25) is 19.1 Å². The number of hydrogen-bond donors (Lipinski definition) is 3. The second-order valence-electron chi connectivity index (χ2n) is 8.39. The lowest BCUT2D eigenvalue weighted by molar-refractivity contribution is -0.274. The maximum absolute atomic E-state index is 12.7. The van der Waals surface area contributed by atoms with Gasteiger partial charge in [-0.2, -0.15) is 0 Å². The van der Waals surface area contributed by atoms with Gasteiger partial charge in [-0.15, -0.1) is 13.2 Å². The number of aromatic nitrogens is 2. The molecule has 0 atom stereocenters. The molecule has 0 aliphatic carbocycles. The van der Waals surface area contributed by atoms with Crippen LogP contribution in [0.5, 0.6) is 5.75 Å². The number of amides is 1. The zero-order valence-electron chi connectivity index (χ0n) is 18.8. The van der Waals surface area contributed by atoms with E-state index in [0.29, 0.717) is 6.54 Å². The molecule has 0 fully saturated rings. The third-order valence-electron chi connectivity index (χ3n) is 4.37. The van der Waals surface area contributed by atoms with E-state index in [0.717, 1.165) is 12.1 Å². The Kier molecular flexibility index (Phi) is 8.18. The van der Waals surface area contributed by atoms with Crippen molar-refractivity contribution in [3.05, 3.63) is 45.1 Å². The first-order valence-corrected chi connectivity index (χ1v) is 10.3. The van der Waals surface area contributed by atoms with Gasteiger partial charge in [0.1, 0.15) is 17.3 Å². The second kappa shape index (κ2) is 10.5. The lowest BCUT2D eigenvalue weighted by Gasteiger charge is -2.27. The predicted molar refractivity (Wildman–Crippen MR) is 119 cm³/mol. The van der Waals surface area contributed by atoms with Crippen molar-refractivity contribution in [1.29, 1.82) is 0 Å². The van der Waals surface area contributed by atoms with Crippen molar-refractivity contribution in [2.45, 2.75) is 40.6 Å². The molecular weight excluding hydrogens is 443 g/mol. The van der Waals surface area contributed by atoms with Crippen LogP contribution in [0.25, 0.3) is 0 Å². The topological polar surface area (TPSA) is 122 Å². The highest BCUT2D eigenvalue weighted by atomic mass is 19.4. The number of carbonyl (C=O) groups excluding carboxylic acids is 1. The Bertz CT molecular complexity index is 1080. The van der Waals surface area contributed by atoms with Crippen molar-refractivity contribution in [2.24, 2.45) is 11.8 Å². The van der Waals surface area contributed by atoms with E-state index in [-0.39, 0.29) is 42.1 Å². The molecule has 0 bridgehead atoms. The van der Waals surface area contributed by atoms with Gasteiger partial charge in [0.05, 0.1) is 6.54 Å². The van der Waals surface area contributed by atoms with Gasteiger partial charge < -0.3 is 20.7 Å². The average molecular weight is 471 g/mol. The summed E-state index contributed by atoms with van der Waals surface area (Å²) in [5, 5.41) is 2.56. The number of ether oxygens (including phenoxy) is 1. The van der Waals surface area contributed by atoms with Crippen molar-refractivity contribution in [1.82, 2.24) is 9.55 Å². The van der Waals surface area contributed by atoms with Crippen LogP contribution in [-0.4, -0.2) is 34.9 Å². The number of benzene rings is 1. The molecule has 4 N–H and O–H groups in total. The van der Waals surface area contributed by atoms with Crippen LogP contribution in [0.1, 0.15) is 27.7 Å². The molecule has 1 amide bonds. The zero-order chi connectivity index (χ0) is 24.9. The zero-order valence-corrected chi connectivity index (χ0v) is 18.8. The lowest BCUT2D eigenvalue weighted by Crippen LogP contribution is -2.43. The fourth-order valence-corrected chi connectivity index (χ4v) is 3.22. The molecule has 0 aliphatic rings. The number of nitrogens with two attached hydrogens (primary N) is 1. The summed E-state index contributed by atoms with van der Waals surface area (Å²) in [5.41, 5.74) is 5.07. The van der Waals surface area contributed by atoms with E-state index in [1.54, 1.807) is 0 Å². The van der Waals surface area contributed by atoms with Crippen molar-refractivity contribution in [3.8, 4) is 5.75 Å². The van der Waals surface area contributed by atoms with Gasteiger partial charge in [0.15, 0.2) is 0 Å². The molecule has 0 aliphatic heterocycles. The number of nitrogens with one attached hydrogen (secondary N) is 2. The third-order valence-corrected chi connectivity index (χ3v) is 4.37. The highest BCUT2D eigenvalue weighted by Crippen LogP contribution is 2.24. The van der Waals surface area contributed by atoms with Crippen LogP contribution in [0, 0.1) is 11.8 Å². The van der Waals surface area contributed by atoms with Crippen molar-refractivity contribution >= 4 is 23.1 Å². The SMILES string of the molecule is CC(C)CN(CC(=O)Nc1ccc(OC(F)(F)F)cc1)c1c(N)n(CC(C)C)c(=O)[nH]c1=O. The normalized spacial score (nSPS) is 11.7. The first-order valence-electron chi connectivity index (χ1n) is 10.3. The molecule has 182 valence electrons. The average Bonchev–Trinajstić information content (AvgIpc) is 2.64. The number of H-pyrrole nitrogens is 1. The van der Waals surface area contributed by atoms with Crippen LogP contribution in [0.15, 0.2) is 33.9 Å². The van der Waals surface area contributed by atoms with Gasteiger partial charge >= 0.3 is 12.1 Å². The molecule has 0 unspecified atom stereocenters. The van der Waals surface area contributed by atoms with E-state index in [2.05, 4.69) is 15.0 Å². The molecule has 0 saturated carbocycles. The van der Waals surface area contributed by atoms with E-state index in [1.165, 1.54) is 21.6 Å². The molecule has 2 rings (SSSR count). The summed E-state index contributed by atoms with van der Waals surface area (Å²) in [4.78, 5) is 41.2. The van der Waals surface area contributed by atoms with Crippen molar-refractivity contribution in [3.63, 3.8) is 0 Å². The summed E-state index contributed by atoms with van der Waals surface area (Å²) >= 11 is 0.